The Balaban J connectivity index is 3.70. The lowest BCUT2D eigenvalue weighted by Gasteiger charge is -2.08. The largest absolute Gasteiger partial charge is 0.481 e. The Labute approximate surface area is 70.4 Å². The van der Waals surface area contributed by atoms with Crippen molar-refractivity contribution in [2.45, 2.75) is 18.9 Å². The van der Waals surface area contributed by atoms with Crippen LogP contribution in [0.5, 0.6) is 0 Å². The van der Waals surface area contributed by atoms with E-state index in [4.69, 9.17) is 5.11 Å². The minimum absolute atomic E-state index is 0.0161. The van der Waals surface area contributed by atoms with Gasteiger partial charge in [-0.05, 0) is 13.5 Å². The van der Waals surface area contributed by atoms with E-state index in [-0.39, 0.29) is 18.0 Å². The quantitative estimate of drug-likeness (QED) is 0.513. The van der Waals surface area contributed by atoms with Crippen LogP contribution < -0.4 is 5.32 Å². The lowest BCUT2D eigenvalue weighted by Crippen LogP contribution is -2.31. The van der Waals surface area contributed by atoms with Gasteiger partial charge in [-0.3, -0.25) is 9.59 Å². The molecule has 0 fully saturated rings. The highest BCUT2D eigenvalue weighted by atomic mass is 32.1. The van der Waals surface area contributed by atoms with Gasteiger partial charge in [0.1, 0.15) is 0 Å². The van der Waals surface area contributed by atoms with E-state index in [0.29, 0.717) is 0 Å². The van der Waals surface area contributed by atoms with E-state index in [2.05, 4.69) is 17.9 Å². The van der Waals surface area contributed by atoms with Crippen LogP contribution in [0.4, 0.5) is 0 Å². The van der Waals surface area contributed by atoms with Crippen molar-refractivity contribution in [1.29, 1.82) is 0 Å². The van der Waals surface area contributed by atoms with Gasteiger partial charge in [-0.15, -0.1) is 12.6 Å². The molecule has 0 aliphatic heterocycles. The normalized spacial score (nSPS) is 12.5. The van der Waals surface area contributed by atoms with E-state index in [1.54, 1.807) is 7.05 Å². The third-order valence-electron chi connectivity index (χ3n) is 1.29. The molecule has 5 heteroatoms. The highest BCUT2D eigenvalue weighted by molar-refractivity contribution is 7.96. The number of carbonyl (C=O) groups excluding carboxylic acids is 1. The molecule has 1 unspecified atom stereocenters. The van der Waals surface area contributed by atoms with Crippen molar-refractivity contribution >= 4 is 23.7 Å². The van der Waals surface area contributed by atoms with Crippen LogP contribution in [0.2, 0.25) is 0 Å². The standard InChI is InChI=1S/C6H11NO3S/c1-7-4(6(10)11)2-3-5(8)9/h4,7H,2-3H2,1H3,(H,8,9)(H,10,11). The van der Waals surface area contributed by atoms with Gasteiger partial charge in [-0.25, -0.2) is 0 Å². The van der Waals surface area contributed by atoms with Gasteiger partial charge < -0.3 is 10.4 Å². The third-order valence-corrected chi connectivity index (χ3v) is 1.61. The summed E-state index contributed by atoms with van der Waals surface area (Å²) < 4.78 is 0. The van der Waals surface area contributed by atoms with Gasteiger partial charge in [0, 0.05) is 6.42 Å². The number of aliphatic carboxylic acids is 1. The van der Waals surface area contributed by atoms with Gasteiger partial charge in [0.05, 0.1) is 6.04 Å². The first-order chi connectivity index (χ1) is 5.07. The van der Waals surface area contributed by atoms with Crippen LogP contribution in [-0.2, 0) is 9.59 Å². The van der Waals surface area contributed by atoms with Crippen LogP contribution in [0.25, 0.3) is 0 Å². The van der Waals surface area contributed by atoms with Gasteiger partial charge in [0.25, 0.3) is 0 Å². The number of nitrogens with one attached hydrogen (secondary N) is 1. The van der Waals surface area contributed by atoms with Crippen LogP contribution in [0.15, 0.2) is 0 Å². The number of thiol groups is 1. The lowest BCUT2D eigenvalue weighted by molar-refractivity contribution is -0.137. The summed E-state index contributed by atoms with van der Waals surface area (Å²) in [5.41, 5.74) is 0. The molecule has 0 aliphatic carbocycles. The molecule has 0 saturated heterocycles. The lowest BCUT2D eigenvalue weighted by atomic mass is 10.2. The second-order valence-corrected chi connectivity index (χ2v) is 2.55. The van der Waals surface area contributed by atoms with Crippen molar-refractivity contribution < 1.29 is 14.7 Å². The summed E-state index contributed by atoms with van der Waals surface area (Å²) in [6.07, 6.45) is 0.270. The van der Waals surface area contributed by atoms with Crippen LogP contribution in [0, 0.1) is 0 Å². The molecule has 0 radical (unpaired) electrons. The molecular formula is C6H11NO3S. The smallest absolute Gasteiger partial charge is 0.303 e. The van der Waals surface area contributed by atoms with Crippen molar-refractivity contribution in [3.63, 3.8) is 0 Å². The fraction of sp³-hybridized carbons (Fsp3) is 0.667. The molecule has 0 aromatic rings. The molecule has 0 saturated carbocycles. The highest BCUT2D eigenvalue weighted by Gasteiger charge is 2.13. The van der Waals surface area contributed by atoms with E-state index in [9.17, 15) is 9.59 Å². The first kappa shape index (κ1) is 10.4. The topological polar surface area (TPSA) is 66.4 Å². The Morgan fingerprint density at radius 3 is 2.45 bits per heavy atom. The van der Waals surface area contributed by atoms with E-state index in [1.807, 2.05) is 0 Å². The van der Waals surface area contributed by atoms with Crippen molar-refractivity contribution in [1.82, 2.24) is 5.32 Å². The zero-order valence-corrected chi connectivity index (χ0v) is 7.10. The number of rotatable bonds is 5. The van der Waals surface area contributed by atoms with Gasteiger partial charge in [-0.2, -0.15) is 0 Å². The monoisotopic (exact) mass is 177 g/mol. The summed E-state index contributed by atoms with van der Waals surface area (Å²) in [7, 11) is 1.60. The SMILES string of the molecule is CNC(CCC(=O)O)C(=O)S. The minimum atomic E-state index is -0.903. The second-order valence-electron chi connectivity index (χ2n) is 2.11. The minimum Gasteiger partial charge on any atom is -0.481 e. The van der Waals surface area contributed by atoms with E-state index in [1.165, 1.54) is 0 Å². The molecule has 0 amide bonds. The predicted molar refractivity (Wildman–Crippen MR) is 43.7 cm³/mol. The van der Waals surface area contributed by atoms with Gasteiger partial charge in [0.15, 0.2) is 0 Å². The number of hydrogen-bond acceptors (Lipinski definition) is 3. The molecule has 0 aromatic carbocycles. The summed E-state index contributed by atoms with van der Waals surface area (Å²) in [5, 5.41) is 10.6. The molecule has 0 spiro atoms. The van der Waals surface area contributed by atoms with E-state index >= 15 is 0 Å². The first-order valence-corrected chi connectivity index (χ1v) is 3.64. The Morgan fingerprint density at radius 2 is 2.18 bits per heavy atom. The molecule has 0 bridgehead atoms. The summed E-state index contributed by atoms with van der Waals surface area (Å²) in [6.45, 7) is 0. The molecule has 2 N–H and O–H groups in total. The number of likely N-dealkylation sites (N-methyl/N-ethyl adjacent to an activating group) is 1. The average molecular weight is 177 g/mol. The molecule has 1 atom stereocenters. The Bertz CT molecular complexity index is 160. The molecule has 0 heterocycles. The van der Waals surface area contributed by atoms with Gasteiger partial charge in [-0.1, -0.05) is 0 Å². The summed E-state index contributed by atoms with van der Waals surface area (Å²) in [5.74, 6) is -0.903. The van der Waals surface area contributed by atoms with Crippen LogP contribution in [-0.4, -0.2) is 29.3 Å². The van der Waals surface area contributed by atoms with E-state index in [0.717, 1.165) is 0 Å². The van der Waals surface area contributed by atoms with Crippen molar-refractivity contribution in [3.05, 3.63) is 0 Å². The zero-order valence-electron chi connectivity index (χ0n) is 6.20. The number of carboxylic acid groups (broad SMARTS) is 1. The maximum Gasteiger partial charge on any atom is 0.303 e. The van der Waals surface area contributed by atoms with E-state index < -0.39 is 12.0 Å². The summed E-state index contributed by atoms with van der Waals surface area (Å²) in [4.78, 5) is 20.7. The summed E-state index contributed by atoms with van der Waals surface area (Å²) >= 11 is 3.58. The molecule has 0 rings (SSSR count). The summed E-state index contributed by atoms with van der Waals surface area (Å²) in [6, 6.07) is -0.450. The van der Waals surface area contributed by atoms with Crippen molar-refractivity contribution in [2.24, 2.45) is 0 Å². The fourth-order valence-electron chi connectivity index (χ4n) is 0.659. The van der Waals surface area contributed by atoms with Crippen molar-refractivity contribution in [2.75, 3.05) is 7.05 Å². The Kier molecular flexibility index (Phi) is 4.89. The Hall–Kier alpha value is -0.550. The highest BCUT2D eigenvalue weighted by Crippen LogP contribution is 2.00. The molecule has 64 valence electrons. The first-order valence-electron chi connectivity index (χ1n) is 3.19. The van der Waals surface area contributed by atoms with Crippen LogP contribution in [0.3, 0.4) is 0 Å². The number of carboxylic acids is 1. The average Bonchev–Trinajstić information content (AvgIpc) is 1.87. The third kappa shape index (κ3) is 4.80. The molecule has 0 aliphatic rings. The van der Waals surface area contributed by atoms with Crippen LogP contribution in [0.1, 0.15) is 12.8 Å². The maximum absolute atomic E-state index is 10.6. The Morgan fingerprint density at radius 1 is 1.64 bits per heavy atom. The zero-order chi connectivity index (χ0) is 8.85. The number of carbonyl (C=O) groups is 2. The second kappa shape index (κ2) is 5.15. The van der Waals surface area contributed by atoms with Crippen molar-refractivity contribution in [3.8, 4) is 0 Å². The van der Waals surface area contributed by atoms with Gasteiger partial charge in [0.2, 0.25) is 5.12 Å². The molecule has 0 aromatic heterocycles. The van der Waals surface area contributed by atoms with Crippen LogP contribution >= 0.6 is 12.6 Å². The molecular weight excluding hydrogens is 166 g/mol. The number of hydrogen-bond donors (Lipinski definition) is 3. The molecule has 4 nitrogen and oxygen atoms in total. The fourth-order valence-corrected chi connectivity index (χ4v) is 0.917. The predicted octanol–water partition coefficient (Wildman–Crippen LogP) is -0.104. The van der Waals surface area contributed by atoms with Gasteiger partial charge >= 0.3 is 5.97 Å². The maximum atomic E-state index is 10.6. The molecule has 11 heavy (non-hydrogen) atoms.